The minimum atomic E-state index is -1.42. The SMILES string of the molecule is COC(=O)C(O)CN(Cc1ccc(-c2cccc(Cl)c2)cc1)NC(=O)OC(C)(C)C. The summed E-state index contributed by atoms with van der Waals surface area (Å²) in [6.07, 6.45) is -2.11. The van der Waals surface area contributed by atoms with Crippen molar-refractivity contribution in [1.82, 2.24) is 10.4 Å². The lowest BCUT2D eigenvalue weighted by molar-refractivity contribution is -0.152. The first-order valence-corrected chi connectivity index (χ1v) is 9.80. The largest absolute Gasteiger partial charge is 0.467 e. The Morgan fingerprint density at radius 1 is 1.13 bits per heavy atom. The van der Waals surface area contributed by atoms with Crippen LogP contribution in [-0.2, 0) is 20.8 Å². The maximum Gasteiger partial charge on any atom is 0.422 e. The molecule has 0 fully saturated rings. The molecule has 0 heterocycles. The number of rotatable bonds is 7. The van der Waals surface area contributed by atoms with Crippen LogP contribution in [0.4, 0.5) is 4.79 Å². The van der Waals surface area contributed by atoms with Crippen molar-refractivity contribution in [2.24, 2.45) is 0 Å². The van der Waals surface area contributed by atoms with Crippen molar-refractivity contribution in [3.8, 4) is 11.1 Å². The number of carbonyl (C=O) groups excluding carboxylic acids is 2. The van der Waals surface area contributed by atoms with E-state index in [1.807, 2.05) is 48.5 Å². The second kappa shape index (κ2) is 10.4. The van der Waals surface area contributed by atoms with Gasteiger partial charge in [0.05, 0.1) is 13.7 Å². The molecule has 2 N–H and O–H groups in total. The number of carbonyl (C=O) groups is 2. The number of ether oxygens (including phenoxy) is 2. The first kappa shape index (κ1) is 23.7. The van der Waals surface area contributed by atoms with Crippen LogP contribution < -0.4 is 5.43 Å². The molecule has 162 valence electrons. The maximum atomic E-state index is 12.2. The monoisotopic (exact) mass is 434 g/mol. The van der Waals surface area contributed by atoms with E-state index in [2.05, 4.69) is 10.2 Å². The van der Waals surface area contributed by atoms with Gasteiger partial charge in [-0.2, -0.15) is 0 Å². The molecular weight excluding hydrogens is 408 g/mol. The summed E-state index contributed by atoms with van der Waals surface area (Å²) in [6, 6.07) is 15.2. The van der Waals surface area contributed by atoms with Crippen LogP contribution in [-0.4, -0.2) is 47.5 Å². The average molecular weight is 435 g/mol. The maximum absolute atomic E-state index is 12.2. The summed E-state index contributed by atoms with van der Waals surface area (Å²) in [5, 5.41) is 12.1. The van der Waals surface area contributed by atoms with Crippen LogP contribution >= 0.6 is 11.6 Å². The van der Waals surface area contributed by atoms with E-state index in [-0.39, 0.29) is 13.1 Å². The van der Waals surface area contributed by atoms with Gasteiger partial charge in [-0.3, -0.25) is 5.43 Å². The highest BCUT2D eigenvalue weighted by Crippen LogP contribution is 2.23. The van der Waals surface area contributed by atoms with Crippen molar-refractivity contribution in [3.63, 3.8) is 0 Å². The lowest BCUT2D eigenvalue weighted by atomic mass is 10.0. The Morgan fingerprint density at radius 2 is 1.80 bits per heavy atom. The zero-order chi connectivity index (χ0) is 22.3. The molecular formula is C22H27ClN2O5. The summed E-state index contributed by atoms with van der Waals surface area (Å²) in [4.78, 5) is 23.8. The summed E-state index contributed by atoms with van der Waals surface area (Å²) in [5.41, 5.74) is 4.72. The van der Waals surface area contributed by atoms with Crippen LogP contribution in [0.15, 0.2) is 48.5 Å². The smallest absolute Gasteiger partial charge is 0.422 e. The Labute approximate surface area is 181 Å². The molecule has 0 aliphatic rings. The fourth-order valence-electron chi connectivity index (χ4n) is 2.69. The normalized spacial score (nSPS) is 12.4. The van der Waals surface area contributed by atoms with E-state index < -0.39 is 23.8 Å². The van der Waals surface area contributed by atoms with Gasteiger partial charge in [0.2, 0.25) is 0 Å². The zero-order valence-corrected chi connectivity index (χ0v) is 18.3. The molecule has 8 heteroatoms. The predicted molar refractivity (Wildman–Crippen MR) is 115 cm³/mol. The number of halogens is 1. The fourth-order valence-corrected chi connectivity index (χ4v) is 2.88. The lowest BCUT2D eigenvalue weighted by Crippen LogP contribution is -2.48. The average Bonchev–Trinajstić information content (AvgIpc) is 2.66. The number of aliphatic hydroxyl groups excluding tert-OH is 1. The number of aliphatic hydroxyl groups is 1. The van der Waals surface area contributed by atoms with Gasteiger partial charge in [-0.1, -0.05) is 48.0 Å². The lowest BCUT2D eigenvalue weighted by Gasteiger charge is -2.27. The van der Waals surface area contributed by atoms with Gasteiger partial charge in [0.1, 0.15) is 5.60 Å². The van der Waals surface area contributed by atoms with Crippen molar-refractivity contribution < 1.29 is 24.2 Å². The van der Waals surface area contributed by atoms with Crippen molar-refractivity contribution >= 4 is 23.7 Å². The number of nitrogens with zero attached hydrogens (tertiary/aromatic N) is 1. The van der Waals surface area contributed by atoms with Crippen LogP contribution in [0.1, 0.15) is 26.3 Å². The third-order valence-corrected chi connectivity index (χ3v) is 4.24. The highest BCUT2D eigenvalue weighted by Gasteiger charge is 2.23. The molecule has 2 rings (SSSR count). The number of esters is 1. The van der Waals surface area contributed by atoms with Gasteiger partial charge in [-0.15, -0.1) is 0 Å². The minimum absolute atomic E-state index is 0.165. The molecule has 0 aromatic heterocycles. The molecule has 0 spiro atoms. The molecule has 1 atom stereocenters. The molecule has 0 radical (unpaired) electrons. The Kier molecular flexibility index (Phi) is 8.23. The van der Waals surface area contributed by atoms with Gasteiger partial charge in [-0.05, 0) is 49.6 Å². The predicted octanol–water partition coefficient (Wildman–Crippen LogP) is 3.78. The number of methoxy groups -OCH3 is 1. The molecule has 30 heavy (non-hydrogen) atoms. The molecule has 2 aromatic rings. The van der Waals surface area contributed by atoms with E-state index in [1.54, 1.807) is 20.8 Å². The molecule has 1 unspecified atom stereocenters. The topological polar surface area (TPSA) is 88.1 Å². The molecule has 1 amide bonds. The summed E-state index contributed by atoms with van der Waals surface area (Å²) >= 11 is 6.05. The summed E-state index contributed by atoms with van der Waals surface area (Å²) in [7, 11) is 1.19. The van der Waals surface area contributed by atoms with E-state index in [9.17, 15) is 14.7 Å². The Balaban J connectivity index is 2.13. The van der Waals surface area contributed by atoms with E-state index in [1.165, 1.54) is 12.1 Å². The first-order chi connectivity index (χ1) is 14.1. The number of hydrazine groups is 1. The Morgan fingerprint density at radius 3 is 2.37 bits per heavy atom. The molecule has 0 aliphatic heterocycles. The van der Waals surface area contributed by atoms with Crippen LogP contribution in [0.5, 0.6) is 0 Å². The van der Waals surface area contributed by atoms with E-state index in [0.717, 1.165) is 16.7 Å². The van der Waals surface area contributed by atoms with Crippen molar-refractivity contribution in [2.75, 3.05) is 13.7 Å². The van der Waals surface area contributed by atoms with Crippen LogP contribution in [0.2, 0.25) is 5.02 Å². The van der Waals surface area contributed by atoms with Gasteiger partial charge in [0.15, 0.2) is 6.10 Å². The van der Waals surface area contributed by atoms with Gasteiger partial charge < -0.3 is 14.6 Å². The summed E-state index contributed by atoms with van der Waals surface area (Å²) in [6.45, 7) is 5.31. The third kappa shape index (κ3) is 7.67. The van der Waals surface area contributed by atoms with Crippen LogP contribution in [0.25, 0.3) is 11.1 Å². The van der Waals surface area contributed by atoms with Crippen molar-refractivity contribution in [1.29, 1.82) is 0 Å². The number of hydrogen-bond acceptors (Lipinski definition) is 6. The van der Waals surface area contributed by atoms with E-state index in [4.69, 9.17) is 16.3 Å². The third-order valence-electron chi connectivity index (χ3n) is 4.00. The molecule has 0 bridgehead atoms. The number of amides is 1. The van der Waals surface area contributed by atoms with Crippen molar-refractivity contribution in [3.05, 3.63) is 59.1 Å². The Bertz CT molecular complexity index is 865. The number of benzene rings is 2. The quantitative estimate of drug-likeness (QED) is 0.509. The molecule has 7 nitrogen and oxygen atoms in total. The number of hydrogen-bond donors (Lipinski definition) is 2. The highest BCUT2D eigenvalue weighted by atomic mass is 35.5. The van der Waals surface area contributed by atoms with Gasteiger partial charge in [0, 0.05) is 11.6 Å². The summed E-state index contributed by atoms with van der Waals surface area (Å²) < 4.78 is 9.81. The van der Waals surface area contributed by atoms with E-state index >= 15 is 0 Å². The second-order valence-electron chi connectivity index (χ2n) is 7.74. The molecule has 0 saturated heterocycles. The van der Waals surface area contributed by atoms with Gasteiger partial charge >= 0.3 is 12.1 Å². The molecule has 0 aliphatic carbocycles. The zero-order valence-electron chi connectivity index (χ0n) is 17.5. The van der Waals surface area contributed by atoms with Gasteiger partial charge in [0.25, 0.3) is 0 Å². The highest BCUT2D eigenvalue weighted by molar-refractivity contribution is 6.30. The first-order valence-electron chi connectivity index (χ1n) is 9.43. The summed E-state index contributed by atoms with van der Waals surface area (Å²) in [5.74, 6) is -0.790. The van der Waals surface area contributed by atoms with Gasteiger partial charge in [-0.25, -0.2) is 14.6 Å². The van der Waals surface area contributed by atoms with Crippen LogP contribution in [0, 0.1) is 0 Å². The van der Waals surface area contributed by atoms with E-state index in [0.29, 0.717) is 5.02 Å². The molecule has 2 aromatic carbocycles. The minimum Gasteiger partial charge on any atom is -0.467 e. The number of nitrogens with one attached hydrogen (secondary N) is 1. The Hall–Kier alpha value is -2.61. The second-order valence-corrected chi connectivity index (χ2v) is 8.18. The molecule has 0 saturated carbocycles. The standard InChI is InChI=1S/C22H27ClN2O5/c1-22(2,3)30-21(28)24-25(14-19(26)20(27)29-4)13-15-8-10-16(11-9-15)17-6-5-7-18(23)12-17/h5-12,19,26H,13-14H2,1-4H3,(H,24,28). The van der Waals surface area contributed by atoms with Crippen molar-refractivity contribution in [2.45, 2.75) is 39.0 Å². The fraction of sp³-hybridized carbons (Fsp3) is 0.364. The van der Waals surface area contributed by atoms with Crippen LogP contribution in [0.3, 0.4) is 0 Å².